The number of hydrogen-bond donors (Lipinski definition) is 0. The fraction of sp³-hybridized carbons (Fsp3) is 0.350. The second-order valence-electron chi connectivity index (χ2n) is 6.46. The number of nitrogens with zero attached hydrogens (tertiary/aromatic N) is 1. The lowest BCUT2D eigenvalue weighted by molar-refractivity contribution is 0.117. The highest BCUT2D eigenvalue weighted by Crippen LogP contribution is 2.63. The number of ether oxygens (including phenoxy) is 1. The van der Waals surface area contributed by atoms with Crippen molar-refractivity contribution in [2.75, 3.05) is 13.2 Å². The fourth-order valence-corrected chi connectivity index (χ4v) is 5.80. The summed E-state index contributed by atoms with van der Waals surface area (Å²) in [6.45, 7) is 4.39. The Hall–Kier alpha value is -2.16. The molecule has 1 fully saturated rings. The molecule has 2 aromatic carbocycles. The van der Waals surface area contributed by atoms with E-state index in [-0.39, 0.29) is 17.4 Å². The van der Waals surface area contributed by atoms with Gasteiger partial charge in [0, 0.05) is 12.5 Å². The SMILES string of the molecule is CCOC[C@@]1(C#N)[C@H](S(=O)(=O)c2ccccc2)[C@@H]1c1ccc(C)cc1. The van der Waals surface area contributed by atoms with Crippen LogP contribution in [0.2, 0.25) is 0 Å². The zero-order valence-electron chi connectivity index (χ0n) is 14.3. The molecule has 3 rings (SSSR count). The summed E-state index contributed by atoms with van der Waals surface area (Å²) in [7, 11) is -3.63. The van der Waals surface area contributed by atoms with Crippen LogP contribution >= 0.6 is 0 Å². The third-order valence-corrected chi connectivity index (χ3v) is 7.14. The van der Waals surface area contributed by atoms with E-state index in [1.165, 1.54) is 0 Å². The van der Waals surface area contributed by atoms with Crippen LogP contribution in [0, 0.1) is 23.7 Å². The Bertz CT molecular complexity index is 885. The molecule has 0 radical (unpaired) electrons. The van der Waals surface area contributed by atoms with Crippen LogP contribution in [0.15, 0.2) is 59.5 Å². The molecule has 0 saturated heterocycles. The van der Waals surface area contributed by atoms with Crippen LogP contribution in [0.5, 0.6) is 0 Å². The van der Waals surface area contributed by atoms with Gasteiger partial charge in [-0.25, -0.2) is 8.42 Å². The minimum atomic E-state index is -3.63. The summed E-state index contributed by atoms with van der Waals surface area (Å²) in [4.78, 5) is 0.255. The molecule has 0 amide bonds. The minimum absolute atomic E-state index is 0.120. The summed E-state index contributed by atoms with van der Waals surface area (Å²) >= 11 is 0. The van der Waals surface area contributed by atoms with Crippen molar-refractivity contribution in [3.8, 4) is 6.07 Å². The molecule has 3 atom stereocenters. The first-order valence-corrected chi connectivity index (χ1v) is 9.86. The van der Waals surface area contributed by atoms with Gasteiger partial charge in [0.15, 0.2) is 9.84 Å². The average molecular weight is 355 g/mol. The van der Waals surface area contributed by atoms with Crippen LogP contribution in [0.1, 0.15) is 24.0 Å². The lowest BCUT2D eigenvalue weighted by atomic mass is 10.0. The Morgan fingerprint density at radius 3 is 2.32 bits per heavy atom. The second kappa shape index (κ2) is 6.62. The van der Waals surface area contributed by atoms with E-state index >= 15 is 0 Å². The first-order valence-electron chi connectivity index (χ1n) is 8.32. The summed E-state index contributed by atoms with van der Waals surface area (Å²) in [5, 5.41) is 9.07. The number of benzene rings is 2. The maximum Gasteiger partial charge on any atom is 0.183 e. The quantitative estimate of drug-likeness (QED) is 0.795. The molecule has 0 aliphatic heterocycles. The van der Waals surface area contributed by atoms with Crippen molar-refractivity contribution < 1.29 is 13.2 Å². The largest absolute Gasteiger partial charge is 0.380 e. The van der Waals surface area contributed by atoms with Crippen molar-refractivity contribution in [2.45, 2.75) is 29.9 Å². The first-order chi connectivity index (χ1) is 12.0. The average Bonchev–Trinajstić information content (AvgIpc) is 3.31. The van der Waals surface area contributed by atoms with Gasteiger partial charge in [-0.3, -0.25) is 0 Å². The molecule has 0 unspecified atom stereocenters. The van der Waals surface area contributed by atoms with E-state index in [1.807, 2.05) is 38.1 Å². The van der Waals surface area contributed by atoms with Crippen molar-refractivity contribution in [3.63, 3.8) is 0 Å². The predicted octanol–water partition coefficient (Wildman–Crippen LogP) is 3.48. The molecule has 0 heterocycles. The van der Waals surface area contributed by atoms with Crippen LogP contribution < -0.4 is 0 Å². The summed E-state index contributed by atoms with van der Waals surface area (Å²) in [6, 6.07) is 18.3. The van der Waals surface area contributed by atoms with Crippen molar-refractivity contribution in [2.24, 2.45) is 5.41 Å². The molecule has 1 aliphatic carbocycles. The van der Waals surface area contributed by atoms with Gasteiger partial charge in [-0.2, -0.15) is 5.26 Å². The molecule has 0 bridgehead atoms. The lowest BCUT2D eigenvalue weighted by Gasteiger charge is -2.09. The molecule has 25 heavy (non-hydrogen) atoms. The monoisotopic (exact) mass is 355 g/mol. The summed E-state index contributed by atoms with van der Waals surface area (Å²) < 4.78 is 31.9. The molecule has 4 nitrogen and oxygen atoms in total. The zero-order valence-corrected chi connectivity index (χ0v) is 15.2. The van der Waals surface area contributed by atoms with Gasteiger partial charge in [0.1, 0.15) is 5.41 Å². The Morgan fingerprint density at radius 2 is 1.76 bits per heavy atom. The predicted molar refractivity (Wildman–Crippen MR) is 95.9 cm³/mol. The van der Waals surface area contributed by atoms with Crippen molar-refractivity contribution >= 4 is 9.84 Å². The highest BCUT2D eigenvalue weighted by molar-refractivity contribution is 7.92. The Labute approximate surface area is 149 Å². The van der Waals surface area contributed by atoms with E-state index in [4.69, 9.17) is 4.74 Å². The topological polar surface area (TPSA) is 67.2 Å². The normalized spacial score (nSPS) is 25.3. The number of sulfone groups is 1. The van der Waals surface area contributed by atoms with Gasteiger partial charge in [-0.1, -0.05) is 48.0 Å². The third-order valence-electron chi connectivity index (χ3n) is 4.85. The Morgan fingerprint density at radius 1 is 1.12 bits per heavy atom. The summed E-state index contributed by atoms with van der Waals surface area (Å²) in [5.74, 6) is -0.380. The van der Waals surface area contributed by atoms with Crippen molar-refractivity contribution in [1.82, 2.24) is 0 Å². The molecular weight excluding hydrogens is 334 g/mol. The number of nitriles is 1. The molecule has 0 spiro atoms. The van der Waals surface area contributed by atoms with E-state index in [0.29, 0.717) is 6.61 Å². The smallest absolute Gasteiger partial charge is 0.183 e. The van der Waals surface area contributed by atoms with Gasteiger partial charge in [-0.05, 0) is 31.5 Å². The van der Waals surface area contributed by atoms with Gasteiger partial charge in [0.05, 0.1) is 22.8 Å². The van der Waals surface area contributed by atoms with E-state index in [0.717, 1.165) is 11.1 Å². The van der Waals surface area contributed by atoms with Gasteiger partial charge < -0.3 is 4.74 Å². The fourth-order valence-electron chi connectivity index (χ4n) is 3.47. The van der Waals surface area contributed by atoms with Gasteiger partial charge in [-0.15, -0.1) is 0 Å². The molecule has 5 heteroatoms. The van der Waals surface area contributed by atoms with E-state index < -0.39 is 20.5 Å². The summed E-state index contributed by atoms with van der Waals surface area (Å²) in [6.07, 6.45) is 0. The van der Waals surface area contributed by atoms with Crippen LogP contribution in [-0.2, 0) is 14.6 Å². The van der Waals surface area contributed by atoms with Gasteiger partial charge in [0.25, 0.3) is 0 Å². The highest BCUT2D eigenvalue weighted by atomic mass is 32.2. The van der Waals surface area contributed by atoms with E-state index in [9.17, 15) is 13.7 Å². The number of aryl methyl sites for hydroxylation is 1. The Kier molecular flexibility index (Phi) is 4.68. The third kappa shape index (κ3) is 2.97. The van der Waals surface area contributed by atoms with Crippen LogP contribution in [0.4, 0.5) is 0 Å². The molecule has 1 aliphatic rings. The van der Waals surface area contributed by atoms with Crippen molar-refractivity contribution in [3.05, 3.63) is 65.7 Å². The lowest BCUT2D eigenvalue weighted by Crippen LogP contribution is -2.19. The molecule has 0 N–H and O–H groups in total. The molecule has 2 aromatic rings. The number of hydrogen-bond acceptors (Lipinski definition) is 4. The molecule has 0 aromatic heterocycles. The maximum absolute atomic E-state index is 13.2. The van der Waals surface area contributed by atoms with Crippen LogP contribution in [0.3, 0.4) is 0 Å². The first kappa shape index (κ1) is 17.7. The maximum atomic E-state index is 13.2. The van der Waals surface area contributed by atoms with E-state index in [1.54, 1.807) is 30.3 Å². The van der Waals surface area contributed by atoms with Crippen molar-refractivity contribution in [1.29, 1.82) is 5.26 Å². The zero-order chi connectivity index (χ0) is 18.1. The molecule has 1 saturated carbocycles. The Balaban J connectivity index is 2.06. The standard InChI is InChI=1S/C20H21NO3S/c1-3-24-14-20(13-21)18(16-11-9-15(2)10-12-16)19(20)25(22,23)17-7-5-4-6-8-17/h4-12,18-19H,3,14H2,1-2H3/t18-,19+,20+/m0/s1. The van der Waals surface area contributed by atoms with E-state index in [2.05, 4.69) is 6.07 Å². The highest BCUT2D eigenvalue weighted by Gasteiger charge is 2.72. The number of rotatable bonds is 6. The van der Waals surface area contributed by atoms with Gasteiger partial charge >= 0.3 is 0 Å². The summed E-state index contributed by atoms with van der Waals surface area (Å²) in [5.41, 5.74) is 0.926. The minimum Gasteiger partial charge on any atom is -0.380 e. The molecule has 130 valence electrons. The molecular formula is C20H21NO3S. The van der Waals surface area contributed by atoms with Crippen LogP contribution in [-0.4, -0.2) is 26.9 Å². The second-order valence-corrected chi connectivity index (χ2v) is 8.53. The van der Waals surface area contributed by atoms with Gasteiger partial charge in [0.2, 0.25) is 0 Å². The van der Waals surface area contributed by atoms with Crippen LogP contribution in [0.25, 0.3) is 0 Å².